The zero-order chi connectivity index (χ0) is 11.5. The van der Waals surface area contributed by atoms with E-state index < -0.39 is 12.7 Å². The van der Waals surface area contributed by atoms with Crippen LogP contribution in [0.2, 0.25) is 0 Å². The predicted octanol–water partition coefficient (Wildman–Crippen LogP) is 0.934. The topological polar surface area (TPSA) is 55.0 Å². The summed E-state index contributed by atoms with van der Waals surface area (Å²) in [7, 11) is 1.28. The molecule has 84 valence electrons. The van der Waals surface area contributed by atoms with Gasteiger partial charge in [-0.05, 0) is 0 Å². The molecule has 4 nitrogen and oxygen atoms in total. The van der Waals surface area contributed by atoms with E-state index in [1.807, 2.05) is 0 Å². The molecule has 0 saturated heterocycles. The Balaban J connectivity index is 2.70. The molecule has 0 bridgehead atoms. The molecule has 0 aromatic carbocycles. The maximum absolute atomic E-state index is 12.0. The minimum absolute atomic E-state index is 0.0320. The van der Waals surface area contributed by atoms with Crippen LogP contribution < -0.4 is 10.6 Å². The Morgan fingerprint density at radius 2 is 1.87 bits per heavy atom. The number of nitrogens with two attached hydrogens (primary N) is 1. The minimum Gasteiger partial charge on any atom is -0.335 e. The summed E-state index contributed by atoms with van der Waals surface area (Å²) < 4.78 is 36.1. The molecule has 0 aliphatic heterocycles. The maximum Gasteiger partial charge on any atom is 0.406 e. The molecule has 1 aromatic heterocycles. The molecule has 0 fully saturated rings. The quantitative estimate of drug-likeness (QED) is 0.823. The Kier molecular flexibility index (Phi) is 3.46. The lowest BCUT2D eigenvalue weighted by molar-refractivity contribution is -0.119. The van der Waals surface area contributed by atoms with E-state index in [0.29, 0.717) is 5.56 Å². The molecule has 1 rings (SSSR count). The van der Waals surface area contributed by atoms with Crippen molar-refractivity contribution in [1.29, 1.82) is 0 Å². The van der Waals surface area contributed by atoms with Gasteiger partial charge < -0.3 is 10.6 Å². The van der Waals surface area contributed by atoms with Crippen molar-refractivity contribution in [1.82, 2.24) is 9.97 Å². The molecule has 1 heterocycles. The molecule has 0 unspecified atom stereocenters. The fourth-order valence-electron chi connectivity index (χ4n) is 0.990. The van der Waals surface area contributed by atoms with E-state index >= 15 is 0 Å². The highest BCUT2D eigenvalue weighted by Gasteiger charge is 2.30. The van der Waals surface area contributed by atoms with E-state index in [9.17, 15) is 13.2 Å². The molecule has 0 radical (unpaired) electrons. The standard InChI is InChI=1S/C8H11F3N4/c1-15(5-8(9,10)11)7-13-3-6(2-12)4-14-7/h3-4H,2,5,12H2,1H3. The van der Waals surface area contributed by atoms with Gasteiger partial charge in [0.15, 0.2) is 0 Å². The second-order valence-electron chi connectivity index (χ2n) is 3.07. The van der Waals surface area contributed by atoms with E-state index in [1.54, 1.807) is 0 Å². The molecule has 0 amide bonds. The maximum atomic E-state index is 12.0. The first kappa shape index (κ1) is 11.7. The molecule has 7 heteroatoms. The monoisotopic (exact) mass is 220 g/mol. The van der Waals surface area contributed by atoms with E-state index in [4.69, 9.17) is 5.73 Å². The number of hydrogen-bond donors (Lipinski definition) is 1. The Hall–Kier alpha value is -1.37. The summed E-state index contributed by atoms with van der Waals surface area (Å²) in [5.41, 5.74) is 5.98. The summed E-state index contributed by atoms with van der Waals surface area (Å²) in [6, 6.07) is 0. The third-order valence-corrected chi connectivity index (χ3v) is 1.69. The molecule has 1 aromatic rings. The summed E-state index contributed by atoms with van der Waals surface area (Å²) >= 11 is 0. The van der Waals surface area contributed by atoms with Gasteiger partial charge in [0.1, 0.15) is 6.54 Å². The molecule has 0 aliphatic rings. The third-order valence-electron chi connectivity index (χ3n) is 1.69. The molecule has 0 spiro atoms. The number of hydrogen-bond acceptors (Lipinski definition) is 4. The average molecular weight is 220 g/mol. The molecule has 0 saturated carbocycles. The van der Waals surface area contributed by atoms with Crippen LogP contribution in [0.4, 0.5) is 19.1 Å². The van der Waals surface area contributed by atoms with Gasteiger partial charge in [-0.15, -0.1) is 0 Å². The van der Waals surface area contributed by atoms with E-state index in [0.717, 1.165) is 4.90 Å². The van der Waals surface area contributed by atoms with Crippen LogP contribution in [0.1, 0.15) is 5.56 Å². The summed E-state index contributed by atoms with van der Waals surface area (Å²) in [6.07, 6.45) is -1.44. The van der Waals surface area contributed by atoms with Crippen molar-refractivity contribution in [2.75, 3.05) is 18.5 Å². The number of halogens is 3. The predicted molar refractivity (Wildman–Crippen MR) is 49.2 cm³/mol. The second-order valence-corrected chi connectivity index (χ2v) is 3.07. The number of nitrogens with zero attached hydrogens (tertiary/aromatic N) is 3. The normalized spacial score (nSPS) is 11.5. The van der Waals surface area contributed by atoms with Gasteiger partial charge in [-0.1, -0.05) is 0 Å². The highest BCUT2D eigenvalue weighted by atomic mass is 19.4. The van der Waals surface area contributed by atoms with Crippen molar-refractivity contribution in [3.8, 4) is 0 Å². The third kappa shape index (κ3) is 3.70. The van der Waals surface area contributed by atoms with Crippen molar-refractivity contribution >= 4 is 5.95 Å². The van der Waals surface area contributed by atoms with Gasteiger partial charge in [-0.25, -0.2) is 9.97 Å². The Morgan fingerprint density at radius 3 is 2.27 bits per heavy atom. The van der Waals surface area contributed by atoms with Gasteiger partial charge in [-0.2, -0.15) is 13.2 Å². The van der Waals surface area contributed by atoms with Crippen LogP contribution in [0.5, 0.6) is 0 Å². The van der Waals surface area contributed by atoms with Crippen molar-refractivity contribution in [2.45, 2.75) is 12.7 Å². The highest BCUT2D eigenvalue weighted by molar-refractivity contribution is 5.28. The number of aromatic nitrogens is 2. The van der Waals surface area contributed by atoms with Gasteiger partial charge >= 0.3 is 6.18 Å². The molecular formula is C8H11F3N4. The summed E-state index contributed by atoms with van der Waals surface area (Å²) in [6.45, 7) is -0.807. The number of alkyl halides is 3. The first-order chi connectivity index (χ1) is 6.92. The van der Waals surface area contributed by atoms with Gasteiger partial charge in [0.2, 0.25) is 5.95 Å². The van der Waals surface area contributed by atoms with E-state index in [1.165, 1.54) is 19.4 Å². The fourth-order valence-corrected chi connectivity index (χ4v) is 0.990. The molecule has 0 atom stereocenters. The van der Waals surface area contributed by atoms with Gasteiger partial charge in [0.25, 0.3) is 0 Å². The average Bonchev–Trinajstić information content (AvgIpc) is 2.15. The minimum atomic E-state index is -4.26. The summed E-state index contributed by atoms with van der Waals surface area (Å²) in [5.74, 6) is 0.0320. The van der Waals surface area contributed by atoms with Crippen molar-refractivity contribution < 1.29 is 13.2 Å². The fraction of sp³-hybridized carbons (Fsp3) is 0.500. The zero-order valence-electron chi connectivity index (χ0n) is 8.12. The summed E-state index contributed by atoms with van der Waals surface area (Å²) in [4.78, 5) is 8.47. The molecule has 0 aliphatic carbocycles. The van der Waals surface area contributed by atoms with Crippen molar-refractivity contribution in [3.63, 3.8) is 0 Å². The summed E-state index contributed by atoms with van der Waals surface area (Å²) in [5, 5.41) is 0. The zero-order valence-corrected chi connectivity index (χ0v) is 8.12. The first-order valence-electron chi connectivity index (χ1n) is 4.21. The molecular weight excluding hydrogens is 209 g/mol. The van der Waals surface area contributed by atoms with E-state index in [-0.39, 0.29) is 12.5 Å². The molecule has 15 heavy (non-hydrogen) atoms. The van der Waals surface area contributed by atoms with Crippen LogP contribution in [0.3, 0.4) is 0 Å². The smallest absolute Gasteiger partial charge is 0.335 e. The van der Waals surface area contributed by atoms with Crippen LogP contribution in [-0.4, -0.2) is 29.7 Å². The van der Waals surface area contributed by atoms with Gasteiger partial charge in [0, 0.05) is 31.5 Å². The molecule has 2 N–H and O–H groups in total. The largest absolute Gasteiger partial charge is 0.406 e. The van der Waals surface area contributed by atoms with Crippen molar-refractivity contribution in [2.24, 2.45) is 5.73 Å². The lowest BCUT2D eigenvalue weighted by atomic mass is 10.3. The number of rotatable bonds is 3. The lowest BCUT2D eigenvalue weighted by Gasteiger charge is -2.18. The van der Waals surface area contributed by atoms with Crippen LogP contribution in [0, 0.1) is 0 Å². The second kappa shape index (κ2) is 4.43. The lowest BCUT2D eigenvalue weighted by Crippen LogP contribution is -2.32. The Morgan fingerprint density at radius 1 is 1.33 bits per heavy atom. The van der Waals surface area contributed by atoms with Crippen LogP contribution in [0.15, 0.2) is 12.4 Å². The first-order valence-corrected chi connectivity index (χ1v) is 4.21. The van der Waals surface area contributed by atoms with Gasteiger partial charge in [0.05, 0.1) is 0 Å². The van der Waals surface area contributed by atoms with Gasteiger partial charge in [-0.3, -0.25) is 0 Å². The van der Waals surface area contributed by atoms with Crippen LogP contribution in [0.25, 0.3) is 0 Å². The van der Waals surface area contributed by atoms with Crippen LogP contribution >= 0.6 is 0 Å². The number of anilines is 1. The van der Waals surface area contributed by atoms with Crippen LogP contribution in [-0.2, 0) is 6.54 Å². The highest BCUT2D eigenvalue weighted by Crippen LogP contribution is 2.17. The Bertz CT molecular complexity index is 309. The SMILES string of the molecule is CN(CC(F)(F)F)c1ncc(CN)cn1. The Labute approximate surface area is 84.9 Å². The van der Waals surface area contributed by atoms with E-state index in [2.05, 4.69) is 9.97 Å². The van der Waals surface area contributed by atoms with Crippen molar-refractivity contribution in [3.05, 3.63) is 18.0 Å².